The van der Waals surface area contributed by atoms with E-state index in [2.05, 4.69) is 23.4 Å². The summed E-state index contributed by atoms with van der Waals surface area (Å²) in [7, 11) is 0. The van der Waals surface area contributed by atoms with Gasteiger partial charge < -0.3 is 10.3 Å². The summed E-state index contributed by atoms with van der Waals surface area (Å²) in [6.45, 7) is 4.27. The Kier molecular flexibility index (Phi) is 1.72. The minimum Gasteiger partial charge on any atom is -0.397 e. The Morgan fingerprint density at radius 1 is 1.46 bits per heavy atom. The van der Waals surface area contributed by atoms with E-state index in [1.54, 1.807) is 6.20 Å². The molecule has 13 heavy (non-hydrogen) atoms. The molecular weight excluding hydrogens is 162 g/mol. The van der Waals surface area contributed by atoms with E-state index >= 15 is 0 Å². The first-order valence-corrected chi connectivity index (χ1v) is 4.40. The summed E-state index contributed by atoms with van der Waals surface area (Å²) in [4.78, 5) is 4.30. The summed E-state index contributed by atoms with van der Waals surface area (Å²) in [5, 5.41) is 1.11. The number of pyridine rings is 1. The summed E-state index contributed by atoms with van der Waals surface area (Å²) in [6.07, 6.45) is 3.74. The van der Waals surface area contributed by atoms with Crippen LogP contribution in [0.4, 0.5) is 5.69 Å². The fourth-order valence-electron chi connectivity index (χ4n) is 1.48. The predicted octanol–water partition coefficient (Wildman–Crippen LogP) is 2.20. The van der Waals surface area contributed by atoms with E-state index in [1.165, 1.54) is 0 Å². The van der Waals surface area contributed by atoms with Crippen molar-refractivity contribution in [2.24, 2.45) is 0 Å². The molecule has 0 saturated heterocycles. The zero-order chi connectivity index (χ0) is 9.42. The highest BCUT2D eigenvalue weighted by atomic mass is 15.0. The molecule has 0 unspecified atom stereocenters. The van der Waals surface area contributed by atoms with Gasteiger partial charge in [-0.1, -0.05) is 0 Å². The Morgan fingerprint density at radius 2 is 2.23 bits per heavy atom. The van der Waals surface area contributed by atoms with E-state index in [0.717, 1.165) is 11.0 Å². The molecule has 0 atom stereocenters. The molecule has 0 bridgehead atoms. The third-order valence-corrected chi connectivity index (χ3v) is 2.13. The summed E-state index contributed by atoms with van der Waals surface area (Å²) in [6, 6.07) is 4.42. The molecule has 0 spiro atoms. The lowest BCUT2D eigenvalue weighted by molar-refractivity contribution is 0.618. The zero-order valence-electron chi connectivity index (χ0n) is 7.86. The van der Waals surface area contributed by atoms with Gasteiger partial charge >= 0.3 is 0 Å². The molecule has 2 N–H and O–H groups in total. The van der Waals surface area contributed by atoms with E-state index in [4.69, 9.17) is 5.73 Å². The van der Waals surface area contributed by atoms with Gasteiger partial charge in [0.15, 0.2) is 0 Å². The first-order valence-electron chi connectivity index (χ1n) is 4.40. The molecular formula is C10H13N3. The summed E-state index contributed by atoms with van der Waals surface area (Å²) >= 11 is 0. The summed E-state index contributed by atoms with van der Waals surface area (Å²) in [5.74, 6) is 0. The molecule has 0 radical (unpaired) electrons. The molecule has 68 valence electrons. The van der Waals surface area contributed by atoms with Crippen LogP contribution in [-0.2, 0) is 0 Å². The van der Waals surface area contributed by atoms with Gasteiger partial charge in [0, 0.05) is 17.6 Å². The number of nitrogen functional groups attached to an aromatic ring is 1. The third-order valence-electron chi connectivity index (χ3n) is 2.13. The van der Waals surface area contributed by atoms with E-state index in [9.17, 15) is 0 Å². The standard InChI is InChI=1S/C10H13N3/c1-7(2)13-4-3-8-5-9(11)6-12-10(8)13/h3-7H,11H2,1-2H3. The van der Waals surface area contributed by atoms with Crippen LogP contribution < -0.4 is 5.73 Å². The van der Waals surface area contributed by atoms with Crippen LogP contribution in [0.25, 0.3) is 11.0 Å². The molecule has 0 amide bonds. The molecule has 2 aromatic rings. The van der Waals surface area contributed by atoms with Crippen LogP contribution in [0.15, 0.2) is 24.5 Å². The second kappa shape index (κ2) is 2.76. The Labute approximate surface area is 77.2 Å². The molecule has 2 aromatic heterocycles. The number of anilines is 1. The minimum atomic E-state index is 0.439. The van der Waals surface area contributed by atoms with Gasteiger partial charge in [-0.05, 0) is 26.0 Å². The zero-order valence-corrected chi connectivity index (χ0v) is 7.86. The van der Waals surface area contributed by atoms with Gasteiger partial charge in [0.25, 0.3) is 0 Å². The van der Waals surface area contributed by atoms with E-state index in [-0.39, 0.29) is 0 Å². The maximum Gasteiger partial charge on any atom is 0.140 e. The van der Waals surface area contributed by atoms with Crippen molar-refractivity contribution in [3.8, 4) is 0 Å². The van der Waals surface area contributed by atoms with E-state index in [1.807, 2.05) is 18.3 Å². The van der Waals surface area contributed by atoms with Crippen LogP contribution in [-0.4, -0.2) is 9.55 Å². The highest BCUT2D eigenvalue weighted by molar-refractivity contribution is 5.79. The number of hydrogen-bond donors (Lipinski definition) is 1. The maximum absolute atomic E-state index is 5.64. The lowest BCUT2D eigenvalue weighted by atomic mass is 10.3. The van der Waals surface area contributed by atoms with Gasteiger partial charge in [0.05, 0.1) is 11.9 Å². The van der Waals surface area contributed by atoms with Crippen LogP contribution >= 0.6 is 0 Å². The van der Waals surface area contributed by atoms with Crippen molar-refractivity contribution < 1.29 is 0 Å². The number of hydrogen-bond acceptors (Lipinski definition) is 2. The first-order chi connectivity index (χ1) is 6.18. The molecule has 0 aliphatic heterocycles. The quantitative estimate of drug-likeness (QED) is 0.722. The van der Waals surface area contributed by atoms with E-state index < -0.39 is 0 Å². The van der Waals surface area contributed by atoms with Crippen molar-refractivity contribution in [1.29, 1.82) is 0 Å². The number of nitrogens with two attached hydrogens (primary N) is 1. The number of aromatic nitrogens is 2. The molecule has 0 aliphatic carbocycles. The predicted molar refractivity (Wildman–Crippen MR) is 54.5 cm³/mol. The molecule has 3 nitrogen and oxygen atoms in total. The number of fused-ring (bicyclic) bond motifs is 1. The van der Waals surface area contributed by atoms with Crippen molar-refractivity contribution in [3.63, 3.8) is 0 Å². The first kappa shape index (κ1) is 8.10. The van der Waals surface area contributed by atoms with Gasteiger partial charge in [-0.25, -0.2) is 4.98 Å². The SMILES string of the molecule is CC(C)n1ccc2cc(N)cnc21. The van der Waals surface area contributed by atoms with Crippen LogP contribution in [0.5, 0.6) is 0 Å². The molecule has 0 aliphatic rings. The van der Waals surface area contributed by atoms with E-state index in [0.29, 0.717) is 11.7 Å². The lowest BCUT2D eigenvalue weighted by Crippen LogP contribution is -1.99. The monoisotopic (exact) mass is 175 g/mol. The van der Waals surface area contributed by atoms with Gasteiger partial charge in [-0.15, -0.1) is 0 Å². The van der Waals surface area contributed by atoms with Crippen LogP contribution in [0.2, 0.25) is 0 Å². The topological polar surface area (TPSA) is 43.8 Å². The Morgan fingerprint density at radius 3 is 2.92 bits per heavy atom. The average molecular weight is 175 g/mol. The maximum atomic E-state index is 5.64. The van der Waals surface area contributed by atoms with Crippen molar-refractivity contribution in [2.75, 3.05) is 5.73 Å². The van der Waals surface area contributed by atoms with Crippen molar-refractivity contribution in [1.82, 2.24) is 9.55 Å². The second-order valence-corrected chi connectivity index (χ2v) is 3.50. The molecule has 2 rings (SSSR count). The molecule has 0 saturated carbocycles. The fourth-order valence-corrected chi connectivity index (χ4v) is 1.48. The van der Waals surface area contributed by atoms with Crippen molar-refractivity contribution >= 4 is 16.7 Å². The largest absolute Gasteiger partial charge is 0.397 e. The van der Waals surface area contributed by atoms with Gasteiger partial charge in [0.2, 0.25) is 0 Å². The smallest absolute Gasteiger partial charge is 0.140 e. The fraction of sp³-hybridized carbons (Fsp3) is 0.300. The number of nitrogens with zero attached hydrogens (tertiary/aromatic N) is 2. The summed E-state index contributed by atoms with van der Waals surface area (Å²) < 4.78 is 2.13. The van der Waals surface area contributed by atoms with Crippen LogP contribution in [0.1, 0.15) is 19.9 Å². The highest BCUT2D eigenvalue weighted by Gasteiger charge is 2.04. The van der Waals surface area contributed by atoms with Gasteiger partial charge in [0.1, 0.15) is 5.65 Å². The van der Waals surface area contributed by atoms with Crippen LogP contribution in [0.3, 0.4) is 0 Å². The highest BCUT2D eigenvalue weighted by Crippen LogP contribution is 2.19. The minimum absolute atomic E-state index is 0.439. The Hall–Kier alpha value is -1.51. The average Bonchev–Trinajstić information content (AvgIpc) is 2.46. The van der Waals surface area contributed by atoms with Gasteiger partial charge in [-0.2, -0.15) is 0 Å². The van der Waals surface area contributed by atoms with Gasteiger partial charge in [-0.3, -0.25) is 0 Å². The van der Waals surface area contributed by atoms with Crippen LogP contribution in [0, 0.1) is 0 Å². The van der Waals surface area contributed by atoms with Crippen molar-refractivity contribution in [2.45, 2.75) is 19.9 Å². The third kappa shape index (κ3) is 1.26. The molecule has 2 heterocycles. The Balaban J connectivity index is 2.69. The van der Waals surface area contributed by atoms with Crippen molar-refractivity contribution in [3.05, 3.63) is 24.5 Å². The lowest BCUT2D eigenvalue weighted by Gasteiger charge is -2.07. The summed E-state index contributed by atoms with van der Waals surface area (Å²) in [5.41, 5.74) is 7.36. The molecule has 3 heteroatoms. The number of rotatable bonds is 1. The molecule has 0 aromatic carbocycles. The normalized spacial score (nSPS) is 11.3. The second-order valence-electron chi connectivity index (χ2n) is 3.50. The Bertz CT molecular complexity index is 429. The molecule has 0 fully saturated rings.